The lowest BCUT2D eigenvalue weighted by Crippen LogP contribution is -2.38. The molecule has 0 amide bonds. The number of hydrogen-bond acceptors (Lipinski definition) is 3. The first-order valence-corrected chi connectivity index (χ1v) is 7.05. The van der Waals surface area contributed by atoms with E-state index in [1.54, 1.807) is 0 Å². The molecule has 2 N–H and O–H groups in total. The predicted octanol–water partition coefficient (Wildman–Crippen LogP) is 3.07. The molecule has 0 radical (unpaired) electrons. The third kappa shape index (κ3) is 4.15. The standard InChI is InChI=1S/C16H24N2O/c1-16(2,3)17-11-15(19)14-10-6-9-13(18-14)12-7-4-5-8-12/h6-7,9-10,15,17,19H,4-5,8,11H2,1-3H3/t15-/m1/s1. The number of nitrogens with zero attached hydrogens (tertiary/aromatic N) is 1. The number of allylic oxidation sites excluding steroid dienone is 2. The molecule has 1 aliphatic carbocycles. The summed E-state index contributed by atoms with van der Waals surface area (Å²) in [7, 11) is 0. The maximum atomic E-state index is 10.2. The van der Waals surface area contributed by atoms with E-state index in [4.69, 9.17) is 0 Å². The van der Waals surface area contributed by atoms with Gasteiger partial charge in [0.1, 0.15) is 6.10 Å². The van der Waals surface area contributed by atoms with Crippen molar-refractivity contribution in [3.05, 3.63) is 35.7 Å². The zero-order valence-corrected chi connectivity index (χ0v) is 12.1. The van der Waals surface area contributed by atoms with Crippen LogP contribution in [0, 0.1) is 0 Å². The van der Waals surface area contributed by atoms with Crippen LogP contribution >= 0.6 is 0 Å². The Morgan fingerprint density at radius 3 is 2.79 bits per heavy atom. The van der Waals surface area contributed by atoms with E-state index in [0.717, 1.165) is 24.2 Å². The summed E-state index contributed by atoms with van der Waals surface area (Å²) in [5.41, 5.74) is 3.09. The molecule has 0 saturated carbocycles. The Morgan fingerprint density at radius 1 is 1.37 bits per heavy atom. The number of aliphatic hydroxyl groups is 1. The van der Waals surface area contributed by atoms with Gasteiger partial charge in [0, 0.05) is 12.1 Å². The lowest BCUT2D eigenvalue weighted by atomic mass is 10.1. The summed E-state index contributed by atoms with van der Waals surface area (Å²) in [5, 5.41) is 13.5. The SMILES string of the molecule is CC(C)(C)NC[C@@H](O)c1cccc(C2=CCCC2)n1. The average Bonchev–Trinajstić information content (AvgIpc) is 2.89. The van der Waals surface area contributed by atoms with Crippen molar-refractivity contribution in [2.75, 3.05) is 6.54 Å². The fourth-order valence-electron chi connectivity index (χ4n) is 2.23. The van der Waals surface area contributed by atoms with Gasteiger partial charge in [-0.3, -0.25) is 4.98 Å². The summed E-state index contributed by atoms with van der Waals surface area (Å²) >= 11 is 0. The van der Waals surface area contributed by atoms with E-state index in [-0.39, 0.29) is 5.54 Å². The smallest absolute Gasteiger partial charge is 0.108 e. The topological polar surface area (TPSA) is 45.1 Å². The van der Waals surface area contributed by atoms with Crippen molar-refractivity contribution in [2.45, 2.75) is 51.7 Å². The second-order valence-electron chi connectivity index (χ2n) is 6.22. The zero-order chi connectivity index (χ0) is 13.9. The van der Waals surface area contributed by atoms with Crippen molar-refractivity contribution >= 4 is 5.57 Å². The highest BCUT2D eigenvalue weighted by atomic mass is 16.3. The normalized spacial score (nSPS) is 17.4. The second-order valence-corrected chi connectivity index (χ2v) is 6.22. The minimum Gasteiger partial charge on any atom is -0.385 e. The van der Waals surface area contributed by atoms with E-state index in [1.807, 2.05) is 18.2 Å². The van der Waals surface area contributed by atoms with Crippen molar-refractivity contribution in [2.24, 2.45) is 0 Å². The maximum absolute atomic E-state index is 10.2. The van der Waals surface area contributed by atoms with Crippen molar-refractivity contribution < 1.29 is 5.11 Å². The molecule has 1 aromatic heterocycles. The number of β-amino-alcohol motifs (C(OH)–C–C–N with tert-alkyl or cyclic N) is 1. The van der Waals surface area contributed by atoms with Gasteiger partial charge in [-0.15, -0.1) is 0 Å². The van der Waals surface area contributed by atoms with Gasteiger partial charge in [0.25, 0.3) is 0 Å². The van der Waals surface area contributed by atoms with Crippen molar-refractivity contribution in [3.63, 3.8) is 0 Å². The van der Waals surface area contributed by atoms with Crippen LogP contribution in [0.15, 0.2) is 24.3 Å². The highest BCUT2D eigenvalue weighted by Crippen LogP contribution is 2.26. The zero-order valence-electron chi connectivity index (χ0n) is 12.1. The molecule has 0 unspecified atom stereocenters. The number of hydrogen-bond donors (Lipinski definition) is 2. The lowest BCUT2D eigenvalue weighted by Gasteiger charge is -2.22. The number of pyridine rings is 1. The van der Waals surface area contributed by atoms with Gasteiger partial charge >= 0.3 is 0 Å². The first kappa shape index (κ1) is 14.2. The monoisotopic (exact) mass is 260 g/mol. The van der Waals surface area contributed by atoms with Crippen LogP contribution in [0.25, 0.3) is 5.57 Å². The number of aliphatic hydroxyl groups excluding tert-OH is 1. The van der Waals surface area contributed by atoms with Crippen LogP contribution in [-0.4, -0.2) is 22.2 Å². The number of nitrogens with one attached hydrogen (secondary N) is 1. The molecule has 1 heterocycles. The van der Waals surface area contributed by atoms with Crippen LogP contribution in [0.4, 0.5) is 0 Å². The summed E-state index contributed by atoms with van der Waals surface area (Å²) in [6.07, 6.45) is 5.17. The van der Waals surface area contributed by atoms with E-state index >= 15 is 0 Å². The predicted molar refractivity (Wildman–Crippen MR) is 78.8 cm³/mol. The summed E-state index contributed by atoms with van der Waals surface area (Å²) in [4.78, 5) is 4.60. The van der Waals surface area contributed by atoms with E-state index < -0.39 is 6.10 Å². The average molecular weight is 260 g/mol. The molecule has 1 atom stereocenters. The molecular formula is C16H24N2O. The molecule has 0 aliphatic heterocycles. The molecule has 2 rings (SSSR count). The van der Waals surface area contributed by atoms with E-state index in [0.29, 0.717) is 6.54 Å². The van der Waals surface area contributed by atoms with E-state index in [9.17, 15) is 5.11 Å². The van der Waals surface area contributed by atoms with Gasteiger partial charge in [-0.25, -0.2) is 0 Å². The van der Waals surface area contributed by atoms with Gasteiger partial charge in [-0.2, -0.15) is 0 Å². The Kier molecular flexibility index (Phi) is 4.38. The van der Waals surface area contributed by atoms with Crippen LogP contribution in [0.3, 0.4) is 0 Å². The Morgan fingerprint density at radius 2 is 2.16 bits per heavy atom. The molecule has 104 valence electrons. The lowest BCUT2D eigenvalue weighted by molar-refractivity contribution is 0.159. The van der Waals surface area contributed by atoms with E-state index in [2.05, 4.69) is 37.1 Å². The van der Waals surface area contributed by atoms with Crippen LogP contribution in [-0.2, 0) is 0 Å². The maximum Gasteiger partial charge on any atom is 0.108 e. The third-order valence-electron chi connectivity index (χ3n) is 3.31. The molecule has 0 bridgehead atoms. The molecular weight excluding hydrogens is 236 g/mol. The summed E-state index contributed by atoms with van der Waals surface area (Å²) in [6.45, 7) is 6.80. The molecule has 3 nitrogen and oxygen atoms in total. The minimum atomic E-state index is -0.554. The molecule has 0 saturated heterocycles. The largest absolute Gasteiger partial charge is 0.385 e. The van der Waals surface area contributed by atoms with Crippen LogP contribution in [0.1, 0.15) is 57.5 Å². The third-order valence-corrected chi connectivity index (χ3v) is 3.31. The highest BCUT2D eigenvalue weighted by molar-refractivity contribution is 5.64. The van der Waals surface area contributed by atoms with Crippen molar-refractivity contribution in [1.29, 1.82) is 0 Å². The Labute approximate surface area is 115 Å². The molecule has 1 aliphatic rings. The summed E-state index contributed by atoms with van der Waals surface area (Å²) in [5.74, 6) is 0. The minimum absolute atomic E-state index is 0.00652. The second kappa shape index (κ2) is 5.85. The number of rotatable bonds is 4. The first-order valence-electron chi connectivity index (χ1n) is 7.05. The van der Waals surface area contributed by atoms with Gasteiger partial charge in [0.15, 0.2) is 0 Å². The molecule has 0 fully saturated rings. The van der Waals surface area contributed by atoms with Crippen molar-refractivity contribution in [1.82, 2.24) is 10.3 Å². The van der Waals surface area contributed by atoms with Crippen molar-refractivity contribution in [3.8, 4) is 0 Å². The summed E-state index contributed by atoms with van der Waals surface area (Å²) in [6, 6.07) is 5.91. The molecule has 0 aromatic carbocycles. The van der Waals surface area contributed by atoms with Gasteiger partial charge in [-0.1, -0.05) is 12.1 Å². The molecule has 0 spiro atoms. The fourth-order valence-corrected chi connectivity index (χ4v) is 2.23. The Balaban J connectivity index is 2.05. The van der Waals surface area contributed by atoms with Gasteiger partial charge < -0.3 is 10.4 Å². The van der Waals surface area contributed by atoms with Crippen LogP contribution in [0.2, 0.25) is 0 Å². The highest BCUT2D eigenvalue weighted by Gasteiger charge is 2.16. The van der Waals surface area contributed by atoms with E-state index in [1.165, 1.54) is 12.0 Å². The Bertz CT molecular complexity index is 460. The van der Waals surface area contributed by atoms with Crippen LogP contribution < -0.4 is 5.32 Å². The Hall–Kier alpha value is -1.19. The molecule has 1 aromatic rings. The molecule has 19 heavy (non-hydrogen) atoms. The first-order chi connectivity index (χ1) is 8.96. The van der Waals surface area contributed by atoms with Gasteiger partial charge in [0.05, 0.1) is 11.4 Å². The van der Waals surface area contributed by atoms with Gasteiger partial charge in [-0.05, 0) is 57.7 Å². The number of aromatic nitrogens is 1. The van der Waals surface area contributed by atoms with Gasteiger partial charge in [0.2, 0.25) is 0 Å². The summed E-state index contributed by atoms with van der Waals surface area (Å²) < 4.78 is 0. The van der Waals surface area contributed by atoms with Crippen LogP contribution in [0.5, 0.6) is 0 Å². The fraction of sp³-hybridized carbons (Fsp3) is 0.562. The quantitative estimate of drug-likeness (QED) is 0.874. The molecule has 3 heteroatoms.